The van der Waals surface area contributed by atoms with Crippen LogP contribution in [0.1, 0.15) is 39.0 Å². The molecule has 2 fully saturated rings. The molecule has 0 spiro atoms. The number of carbonyl (C=O) groups is 2. The first kappa shape index (κ1) is 16.0. The normalized spacial score (nSPS) is 32.0. The molecule has 7 heteroatoms. The van der Waals surface area contributed by atoms with Gasteiger partial charge >= 0.3 is 12.0 Å². The van der Waals surface area contributed by atoms with Gasteiger partial charge in [-0.3, -0.25) is 4.79 Å². The van der Waals surface area contributed by atoms with E-state index < -0.39 is 17.3 Å². The van der Waals surface area contributed by atoms with E-state index in [-0.39, 0.29) is 37.9 Å². The van der Waals surface area contributed by atoms with Crippen LogP contribution in [-0.4, -0.2) is 47.6 Å². The minimum Gasteiger partial charge on any atom is -0.481 e. The summed E-state index contributed by atoms with van der Waals surface area (Å²) in [5.41, 5.74) is -0.908. The third-order valence-corrected chi connectivity index (χ3v) is 4.56. The second kappa shape index (κ2) is 5.77. The lowest BCUT2D eigenvalue weighted by Gasteiger charge is -2.29. The molecule has 2 rings (SSSR count). The van der Waals surface area contributed by atoms with Gasteiger partial charge in [-0.2, -0.15) is 0 Å². The van der Waals surface area contributed by atoms with Crippen LogP contribution in [0.5, 0.6) is 0 Å². The van der Waals surface area contributed by atoms with Crippen molar-refractivity contribution >= 4 is 12.0 Å². The summed E-state index contributed by atoms with van der Waals surface area (Å²) in [6.07, 6.45) is 1.34. The zero-order chi connectivity index (χ0) is 15.7. The number of hydrogen-bond donors (Lipinski definition) is 2. The average Bonchev–Trinajstić information content (AvgIpc) is 2.79. The van der Waals surface area contributed by atoms with E-state index in [1.807, 2.05) is 0 Å². The number of carbonyl (C=O) groups excluding carboxylic acids is 1. The lowest BCUT2D eigenvalue weighted by Crippen LogP contribution is -2.43. The fraction of sp³-hybridized carbons (Fsp3) is 0.857. The minimum atomic E-state index is -2.62. The van der Waals surface area contributed by atoms with Crippen LogP contribution >= 0.6 is 0 Å². The quantitative estimate of drug-likeness (QED) is 0.840. The molecule has 2 atom stereocenters. The molecule has 1 saturated heterocycles. The summed E-state index contributed by atoms with van der Waals surface area (Å²) < 4.78 is 26.6. The van der Waals surface area contributed by atoms with Crippen molar-refractivity contribution in [2.75, 3.05) is 19.6 Å². The van der Waals surface area contributed by atoms with E-state index >= 15 is 0 Å². The molecule has 1 heterocycles. The summed E-state index contributed by atoms with van der Waals surface area (Å²) >= 11 is 0. The Labute approximate surface area is 122 Å². The molecule has 2 amide bonds. The summed E-state index contributed by atoms with van der Waals surface area (Å²) in [6, 6.07) is -0.353. The fourth-order valence-corrected chi connectivity index (χ4v) is 3.10. The summed E-state index contributed by atoms with van der Waals surface area (Å²) in [5.74, 6) is -3.74. The van der Waals surface area contributed by atoms with E-state index in [0.717, 1.165) is 0 Å². The number of likely N-dealkylation sites (tertiary alicyclic amines) is 1. The van der Waals surface area contributed by atoms with Gasteiger partial charge in [-0.05, 0) is 32.1 Å². The number of amides is 2. The maximum absolute atomic E-state index is 13.3. The molecular formula is C14H22F2N2O3. The molecule has 5 nitrogen and oxygen atoms in total. The maximum Gasteiger partial charge on any atom is 0.317 e. The monoisotopic (exact) mass is 304 g/mol. The molecule has 0 aromatic heterocycles. The second-order valence-corrected chi connectivity index (χ2v) is 6.54. The number of urea groups is 1. The number of carboxylic acids is 1. The molecule has 1 aliphatic heterocycles. The standard InChI is InChI=1S/C14H22F2N2O3/c1-13(11(19)20)5-6-18(9-13)12(21)17-8-10-3-2-4-14(15,16)7-10/h10H,2-9H2,1H3,(H,17,21)(H,19,20). The smallest absolute Gasteiger partial charge is 0.317 e. The predicted molar refractivity (Wildman–Crippen MR) is 72.2 cm³/mol. The van der Waals surface area contributed by atoms with E-state index in [1.165, 1.54) is 4.90 Å². The van der Waals surface area contributed by atoms with E-state index in [2.05, 4.69) is 5.32 Å². The SMILES string of the molecule is CC1(C(=O)O)CCN(C(=O)NCC2CCCC(F)(F)C2)C1. The third-order valence-electron chi connectivity index (χ3n) is 4.56. The lowest BCUT2D eigenvalue weighted by molar-refractivity contribution is -0.147. The van der Waals surface area contributed by atoms with Gasteiger partial charge in [0.25, 0.3) is 0 Å². The van der Waals surface area contributed by atoms with Crippen LogP contribution in [0.2, 0.25) is 0 Å². The first-order chi connectivity index (χ1) is 9.72. The molecule has 1 aliphatic carbocycles. The maximum atomic E-state index is 13.3. The summed E-state index contributed by atoms with van der Waals surface area (Å²) in [7, 11) is 0. The lowest BCUT2D eigenvalue weighted by atomic mass is 9.86. The van der Waals surface area contributed by atoms with Crippen LogP contribution < -0.4 is 5.32 Å². The molecule has 1 saturated carbocycles. The average molecular weight is 304 g/mol. The molecule has 2 N–H and O–H groups in total. The minimum absolute atomic E-state index is 0.0689. The van der Waals surface area contributed by atoms with E-state index in [4.69, 9.17) is 5.11 Å². The number of nitrogens with one attached hydrogen (secondary N) is 1. The van der Waals surface area contributed by atoms with Crippen molar-refractivity contribution in [2.45, 2.75) is 45.0 Å². The van der Waals surface area contributed by atoms with E-state index in [1.54, 1.807) is 6.92 Å². The van der Waals surface area contributed by atoms with Crippen molar-refractivity contribution in [2.24, 2.45) is 11.3 Å². The Kier molecular flexibility index (Phi) is 4.39. The molecular weight excluding hydrogens is 282 g/mol. The Morgan fingerprint density at radius 3 is 2.67 bits per heavy atom. The predicted octanol–water partition coefficient (Wildman–Crippen LogP) is 2.32. The van der Waals surface area contributed by atoms with Crippen LogP contribution in [0.15, 0.2) is 0 Å². The largest absolute Gasteiger partial charge is 0.481 e. The van der Waals surface area contributed by atoms with Crippen molar-refractivity contribution in [1.82, 2.24) is 10.2 Å². The molecule has 21 heavy (non-hydrogen) atoms. The molecule has 0 aromatic rings. The van der Waals surface area contributed by atoms with E-state index in [9.17, 15) is 18.4 Å². The Balaban J connectivity index is 1.79. The fourth-order valence-electron chi connectivity index (χ4n) is 3.10. The highest BCUT2D eigenvalue weighted by atomic mass is 19.3. The van der Waals surface area contributed by atoms with Crippen LogP contribution in [-0.2, 0) is 4.79 Å². The van der Waals surface area contributed by atoms with Crippen molar-refractivity contribution in [3.63, 3.8) is 0 Å². The van der Waals surface area contributed by atoms with Gasteiger partial charge in [-0.15, -0.1) is 0 Å². The highest BCUT2D eigenvalue weighted by molar-refractivity contribution is 5.79. The zero-order valence-electron chi connectivity index (χ0n) is 12.2. The van der Waals surface area contributed by atoms with Gasteiger partial charge in [0.1, 0.15) is 0 Å². The Morgan fingerprint density at radius 2 is 2.10 bits per heavy atom. The molecule has 120 valence electrons. The third kappa shape index (κ3) is 3.83. The van der Waals surface area contributed by atoms with Crippen molar-refractivity contribution in [1.29, 1.82) is 0 Å². The Bertz CT molecular complexity index is 430. The first-order valence-electron chi connectivity index (χ1n) is 7.36. The second-order valence-electron chi connectivity index (χ2n) is 6.54. The number of rotatable bonds is 3. The number of carboxylic acid groups (broad SMARTS) is 1. The number of nitrogens with zero attached hydrogens (tertiary/aromatic N) is 1. The topological polar surface area (TPSA) is 69.6 Å². The van der Waals surface area contributed by atoms with Gasteiger partial charge in [-0.25, -0.2) is 13.6 Å². The van der Waals surface area contributed by atoms with Crippen LogP contribution in [0.3, 0.4) is 0 Å². The zero-order valence-corrected chi connectivity index (χ0v) is 12.2. The number of hydrogen-bond acceptors (Lipinski definition) is 2. The van der Waals surface area contributed by atoms with Crippen molar-refractivity contribution in [3.05, 3.63) is 0 Å². The Morgan fingerprint density at radius 1 is 1.38 bits per heavy atom. The first-order valence-corrected chi connectivity index (χ1v) is 7.36. The number of aliphatic carboxylic acids is 1. The molecule has 2 unspecified atom stereocenters. The summed E-state index contributed by atoms with van der Waals surface area (Å²) in [5, 5.41) is 11.8. The molecule has 2 aliphatic rings. The van der Waals surface area contributed by atoms with Crippen molar-refractivity contribution in [3.8, 4) is 0 Å². The molecule has 0 aromatic carbocycles. The van der Waals surface area contributed by atoms with Crippen LogP contribution in [0.25, 0.3) is 0 Å². The highest BCUT2D eigenvalue weighted by Crippen LogP contribution is 2.36. The summed E-state index contributed by atoms with van der Waals surface area (Å²) in [4.78, 5) is 24.6. The van der Waals surface area contributed by atoms with Gasteiger partial charge in [0.15, 0.2) is 0 Å². The number of halogens is 2. The van der Waals surface area contributed by atoms with Crippen LogP contribution in [0, 0.1) is 11.3 Å². The van der Waals surface area contributed by atoms with Gasteiger partial charge in [0.05, 0.1) is 5.41 Å². The molecule has 0 bridgehead atoms. The molecule has 0 radical (unpaired) electrons. The number of alkyl halides is 2. The van der Waals surface area contributed by atoms with Crippen LogP contribution in [0.4, 0.5) is 13.6 Å². The van der Waals surface area contributed by atoms with Gasteiger partial charge in [0.2, 0.25) is 5.92 Å². The summed E-state index contributed by atoms with van der Waals surface area (Å²) in [6.45, 7) is 2.39. The Hall–Kier alpha value is -1.40. The van der Waals surface area contributed by atoms with E-state index in [0.29, 0.717) is 25.8 Å². The highest BCUT2D eigenvalue weighted by Gasteiger charge is 2.42. The van der Waals surface area contributed by atoms with Gasteiger partial charge in [0, 0.05) is 32.5 Å². The van der Waals surface area contributed by atoms with Gasteiger partial charge < -0.3 is 15.3 Å². The van der Waals surface area contributed by atoms with Crippen molar-refractivity contribution < 1.29 is 23.5 Å². The van der Waals surface area contributed by atoms with Gasteiger partial charge in [-0.1, -0.05) is 0 Å².